The Hall–Kier alpha value is -2.12. The highest BCUT2D eigenvalue weighted by Crippen LogP contribution is 2.23. The molecule has 0 aliphatic carbocycles. The molecule has 2 aromatic rings. The van der Waals surface area contributed by atoms with Crippen LogP contribution in [0.5, 0.6) is 0 Å². The number of carbonyl (C=O) groups is 2. The summed E-state index contributed by atoms with van der Waals surface area (Å²) in [4.78, 5) is 26.2. The Morgan fingerprint density at radius 1 is 1.17 bits per heavy atom. The Morgan fingerprint density at radius 2 is 1.90 bits per heavy atom. The monoisotopic (exact) mass is 438 g/mol. The lowest BCUT2D eigenvalue weighted by Crippen LogP contribution is -2.39. The SMILES string of the molecule is O=C(CCCc1cn[nH]n1)CC1CCN(C(=O)OCc2cc(Cl)cc(Cl)c2)CC1. The van der Waals surface area contributed by atoms with Crippen molar-refractivity contribution in [3.05, 3.63) is 45.7 Å². The van der Waals surface area contributed by atoms with Crippen molar-refractivity contribution in [2.45, 2.75) is 45.1 Å². The molecule has 1 aromatic heterocycles. The third-order valence-corrected chi connectivity index (χ3v) is 5.46. The standard InChI is InChI=1S/C20H24Cl2N4O3/c21-16-8-15(9-17(22)11-16)13-29-20(28)26-6-4-14(5-7-26)10-19(27)3-1-2-18-12-23-25-24-18/h8-9,11-12,14H,1-7,10,13H2,(H,23,24,25). The number of likely N-dealkylation sites (tertiary alicyclic amines) is 1. The van der Waals surface area contributed by atoms with E-state index < -0.39 is 0 Å². The lowest BCUT2D eigenvalue weighted by atomic mass is 9.90. The molecule has 7 nitrogen and oxygen atoms in total. The fraction of sp³-hybridized carbons (Fsp3) is 0.500. The van der Waals surface area contributed by atoms with Gasteiger partial charge in [-0.15, -0.1) is 0 Å². The highest BCUT2D eigenvalue weighted by molar-refractivity contribution is 6.34. The number of ether oxygens (including phenoxy) is 1. The second kappa shape index (κ2) is 10.6. The number of carbonyl (C=O) groups excluding carboxylic acids is 2. The Balaban J connectivity index is 1.33. The van der Waals surface area contributed by atoms with E-state index in [-0.39, 0.29) is 18.5 Å². The van der Waals surface area contributed by atoms with Gasteiger partial charge < -0.3 is 9.64 Å². The van der Waals surface area contributed by atoms with Gasteiger partial charge in [-0.05, 0) is 55.4 Å². The Labute approximate surface area is 179 Å². The van der Waals surface area contributed by atoms with Gasteiger partial charge in [-0.3, -0.25) is 4.79 Å². The quantitative estimate of drug-likeness (QED) is 0.657. The normalized spacial score (nSPS) is 14.8. The molecule has 0 saturated carbocycles. The predicted molar refractivity (Wildman–Crippen MR) is 110 cm³/mol. The van der Waals surface area contributed by atoms with Crippen LogP contribution in [0, 0.1) is 5.92 Å². The molecule has 1 aliphatic rings. The van der Waals surface area contributed by atoms with Crippen LogP contribution in [0.4, 0.5) is 4.79 Å². The van der Waals surface area contributed by atoms with Crippen LogP contribution >= 0.6 is 23.2 Å². The van der Waals surface area contributed by atoms with Crippen molar-refractivity contribution in [2.24, 2.45) is 5.92 Å². The largest absolute Gasteiger partial charge is 0.445 e. The van der Waals surface area contributed by atoms with Gasteiger partial charge in [0.1, 0.15) is 12.4 Å². The Bertz CT molecular complexity index is 801. The maximum atomic E-state index is 12.3. The molecule has 1 saturated heterocycles. The number of benzene rings is 1. The van der Waals surface area contributed by atoms with E-state index in [1.54, 1.807) is 29.3 Å². The number of H-pyrrole nitrogens is 1. The Morgan fingerprint density at radius 3 is 2.55 bits per heavy atom. The number of halogens is 2. The van der Waals surface area contributed by atoms with Crippen molar-refractivity contribution in [1.82, 2.24) is 20.3 Å². The van der Waals surface area contributed by atoms with Crippen molar-refractivity contribution < 1.29 is 14.3 Å². The minimum Gasteiger partial charge on any atom is -0.445 e. The first-order valence-electron chi connectivity index (χ1n) is 9.72. The van der Waals surface area contributed by atoms with E-state index in [2.05, 4.69) is 15.4 Å². The number of piperidine rings is 1. The van der Waals surface area contributed by atoms with Gasteiger partial charge in [0.15, 0.2) is 0 Å². The van der Waals surface area contributed by atoms with Crippen LogP contribution in [0.15, 0.2) is 24.4 Å². The molecule has 0 spiro atoms. The van der Waals surface area contributed by atoms with Gasteiger partial charge in [0.25, 0.3) is 0 Å². The van der Waals surface area contributed by atoms with Crippen LogP contribution in [-0.4, -0.2) is 45.3 Å². The number of aryl methyl sites for hydroxylation is 1. The maximum Gasteiger partial charge on any atom is 0.410 e. The fourth-order valence-electron chi connectivity index (χ4n) is 3.49. The second-order valence-corrected chi connectivity index (χ2v) is 8.19. The summed E-state index contributed by atoms with van der Waals surface area (Å²) in [5, 5.41) is 11.3. The molecular weight excluding hydrogens is 415 g/mol. The van der Waals surface area contributed by atoms with E-state index in [0.29, 0.717) is 41.9 Å². The number of hydrogen-bond acceptors (Lipinski definition) is 5. The Kier molecular flexibility index (Phi) is 7.89. The summed E-state index contributed by atoms with van der Waals surface area (Å²) in [6, 6.07) is 5.08. The molecule has 0 bridgehead atoms. The molecule has 9 heteroatoms. The van der Waals surface area contributed by atoms with Gasteiger partial charge in [-0.25, -0.2) is 4.79 Å². The van der Waals surface area contributed by atoms with E-state index in [4.69, 9.17) is 27.9 Å². The van der Waals surface area contributed by atoms with E-state index in [0.717, 1.165) is 36.9 Å². The number of rotatable bonds is 8. The van der Waals surface area contributed by atoms with Gasteiger partial charge in [0.2, 0.25) is 0 Å². The second-order valence-electron chi connectivity index (χ2n) is 7.32. The highest BCUT2D eigenvalue weighted by atomic mass is 35.5. The van der Waals surface area contributed by atoms with Gasteiger partial charge in [-0.1, -0.05) is 23.2 Å². The molecule has 1 aliphatic heterocycles. The predicted octanol–water partition coefficient (Wildman–Crippen LogP) is 4.44. The van der Waals surface area contributed by atoms with E-state index >= 15 is 0 Å². The van der Waals surface area contributed by atoms with Crippen molar-refractivity contribution in [1.29, 1.82) is 0 Å². The molecule has 3 rings (SSSR count). The molecular formula is C20H24Cl2N4O3. The molecule has 2 heterocycles. The van der Waals surface area contributed by atoms with Crippen LogP contribution in [-0.2, 0) is 22.6 Å². The molecule has 0 unspecified atom stereocenters. The van der Waals surface area contributed by atoms with Crippen molar-refractivity contribution in [3.63, 3.8) is 0 Å². The minimum atomic E-state index is -0.349. The molecule has 1 aromatic carbocycles. The summed E-state index contributed by atoms with van der Waals surface area (Å²) in [6.07, 6.45) is 5.62. The van der Waals surface area contributed by atoms with E-state index in [1.165, 1.54) is 0 Å². The number of hydrogen-bond donors (Lipinski definition) is 1. The average Bonchev–Trinajstić information content (AvgIpc) is 3.19. The number of ketones is 1. The molecule has 0 radical (unpaired) electrons. The van der Waals surface area contributed by atoms with E-state index in [1.807, 2.05) is 0 Å². The van der Waals surface area contributed by atoms with Crippen LogP contribution in [0.3, 0.4) is 0 Å². The third-order valence-electron chi connectivity index (χ3n) is 5.03. The van der Waals surface area contributed by atoms with E-state index in [9.17, 15) is 9.59 Å². The maximum absolute atomic E-state index is 12.3. The van der Waals surface area contributed by atoms with Crippen molar-refractivity contribution in [3.8, 4) is 0 Å². The smallest absolute Gasteiger partial charge is 0.410 e. The number of Topliss-reactive ketones (excluding diaryl/α,β-unsaturated/α-hetero) is 1. The van der Waals surface area contributed by atoms with Gasteiger partial charge in [0.05, 0.1) is 11.9 Å². The lowest BCUT2D eigenvalue weighted by molar-refractivity contribution is -0.120. The summed E-state index contributed by atoms with van der Waals surface area (Å²) in [5.74, 6) is 0.595. The average molecular weight is 439 g/mol. The number of nitrogens with zero attached hydrogens (tertiary/aromatic N) is 3. The molecule has 1 amide bonds. The van der Waals surface area contributed by atoms with Crippen LogP contribution in [0.25, 0.3) is 0 Å². The summed E-state index contributed by atoms with van der Waals surface area (Å²) in [6.45, 7) is 1.33. The zero-order chi connectivity index (χ0) is 20.6. The number of aromatic nitrogens is 3. The first kappa shape index (κ1) is 21.6. The lowest BCUT2D eigenvalue weighted by Gasteiger charge is -2.31. The molecule has 0 atom stereocenters. The number of amides is 1. The summed E-state index contributed by atoms with van der Waals surface area (Å²) in [5.41, 5.74) is 1.63. The number of aromatic amines is 1. The molecule has 156 valence electrons. The van der Waals surface area contributed by atoms with Crippen LogP contribution in [0.2, 0.25) is 10.0 Å². The van der Waals surface area contributed by atoms with Gasteiger partial charge in [0, 0.05) is 36.0 Å². The highest BCUT2D eigenvalue weighted by Gasteiger charge is 2.25. The fourth-order valence-corrected chi connectivity index (χ4v) is 4.06. The minimum absolute atomic E-state index is 0.128. The zero-order valence-corrected chi connectivity index (χ0v) is 17.6. The first-order valence-corrected chi connectivity index (χ1v) is 10.5. The molecule has 29 heavy (non-hydrogen) atoms. The van der Waals surface area contributed by atoms with Gasteiger partial charge in [-0.2, -0.15) is 15.4 Å². The first-order chi connectivity index (χ1) is 14.0. The van der Waals surface area contributed by atoms with Crippen molar-refractivity contribution >= 4 is 35.1 Å². The summed E-state index contributed by atoms with van der Waals surface area (Å²) in [7, 11) is 0. The molecule has 1 N–H and O–H groups in total. The molecule has 1 fully saturated rings. The zero-order valence-electron chi connectivity index (χ0n) is 16.1. The summed E-state index contributed by atoms with van der Waals surface area (Å²) < 4.78 is 5.37. The third kappa shape index (κ3) is 7.01. The number of nitrogens with one attached hydrogen (secondary N) is 1. The summed E-state index contributed by atoms with van der Waals surface area (Å²) >= 11 is 11.9. The van der Waals surface area contributed by atoms with Gasteiger partial charge >= 0.3 is 6.09 Å². The van der Waals surface area contributed by atoms with Crippen LogP contribution in [0.1, 0.15) is 43.4 Å². The topological polar surface area (TPSA) is 88.2 Å². The van der Waals surface area contributed by atoms with Crippen molar-refractivity contribution in [2.75, 3.05) is 13.1 Å². The van der Waals surface area contributed by atoms with Crippen LogP contribution < -0.4 is 0 Å².